The van der Waals surface area contributed by atoms with Gasteiger partial charge in [-0.1, -0.05) is 0 Å². The van der Waals surface area contributed by atoms with Crippen LogP contribution in [-0.4, -0.2) is 17.1 Å². The molecule has 0 radical (unpaired) electrons. The lowest BCUT2D eigenvalue weighted by molar-refractivity contribution is -0.137. The van der Waals surface area contributed by atoms with Crippen molar-refractivity contribution in [2.45, 2.75) is 25.8 Å². The van der Waals surface area contributed by atoms with E-state index in [2.05, 4.69) is 0 Å². The van der Waals surface area contributed by atoms with E-state index < -0.39 is 5.97 Å². The molecule has 0 spiro atoms. The van der Waals surface area contributed by atoms with Crippen molar-refractivity contribution in [2.75, 3.05) is 0 Å². The van der Waals surface area contributed by atoms with Crippen LogP contribution in [0, 0.1) is 0 Å². The van der Waals surface area contributed by atoms with Gasteiger partial charge in [-0.2, -0.15) is 0 Å². The van der Waals surface area contributed by atoms with Crippen molar-refractivity contribution in [1.29, 1.82) is 0 Å². The summed E-state index contributed by atoms with van der Waals surface area (Å²) in [4.78, 5) is 9.85. The summed E-state index contributed by atoms with van der Waals surface area (Å²) in [5, 5.41) is 8.11. The van der Waals surface area contributed by atoms with Crippen molar-refractivity contribution in [2.24, 2.45) is 5.73 Å². The molecule has 0 aliphatic heterocycles. The van der Waals surface area contributed by atoms with Crippen LogP contribution in [0.2, 0.25) is 0 Å². The van der Waals surface area contributed by atoms with Crippen LogP contribution in [0.5, 0.6) is 0 Å². The molecular weight excluding hydrogens is 106 g/mol. The minimum atomic E-state index is -0.776. The van der Waals surface area contributed by atoms with Gasteiger partial charge < -0.3 is 10.8 Å². The van der Waals surface area contributed by atoms with Crippen LogP contribution >= 0.6 is 0 Å². The molecule has 3 heteroatoms. The topological polar surface area (TPSA) is 63.3 Å². The van der Waals surface area contributed by atoms with Crippen LogP contribution in [0.25, 0.3) is 0 Å². The Morgan fingerprint density at radius 1 is 1.88 bits per heavy atom. The van der Waals surface area contributed by atoms with E-state index in [9.17, 15) is 4.79 Å². The number of nitrogens with two attached hydrogens (primary N) is 1. The molecule has 0 bridgehead atoms. The number of aliphatic carboxylic acids is 1. The maximum absolute atomic E-state index is 9.85. The maximum Gasteiger partial charge on any atom is 0.303 e. The zero-order chi connectivity index (χ0) is 6.57. The molecule has 3 nitrogen and oxygen atoms in total. The fourth-order valence-electron chi connectivity index (χ4n) is 0.351. The van der Waals surface area contributed by atoms with Crippen LogP contribution in [0.3, 0.4) is 0 Å². The first-order chi connectivity index (χ1) is 3.63. The fraction of sp³-hybridized carbons (Fsp3) is 0.800. The number of carboxylic acid groups (broad SMARTS) is 1. The van der Waals surface area contributed by atoms with E-state index in [-0.39, 0.29) is 12.5 Å². The van der Waals surface area contributed by atoms with Gasteiger partial charge in [-0.25, -0.2) is 0 Å². The van der Waals surface area contributed by atoms with Gasteiger partial charge in [-0.05, 0) is 13.3 Å². The van der Waals surface area contributed by atoms with Crippen molar-refractivity contribution < 1.29 is 9.90 Å². The summed E-state index contributed by atoms with van der Waals surface area (Å²) in [5.41, 5.74) is 5.28. The second-order valence-electron chi connectivity index (χ2n) is 1.91. The van der Waals surface area contributed by atoms with Gasteiger partial charge in [0.15, 0.2) is 0 Å². The summed E-state index contributed by atoms with van der Waals surface area (Å²) in [6, 6.07) is 0.00565. The Hall–Kier alpha value is -0.570. The van der Waals surface area contributed by atoms with Gasteiger partial charge in [0.25, 0.3) is 0 Å². The number of rotatable bonds is 3. The van der Waals surface area contributed by atoms with Crippen LogP contribution in [0.15, 0.2) is 0 Å². The lowest BCUT2D eigenvalue weighted by Crippen LogP contribution is -2.15. The van der Waals surface area contributed by atoms with E-state index in [1.165, 1.54) is 0 Å². The monoisotopic (exact) mass is 117 g/mol. The highest BCUT2D eigenvalue weighted by Gasteiger charge is 1.98. The first kappa shape index (κ1) is 7.43. The van der Waals surface area contributed by atoms with Gasteiger partial charge in [0.1, 0.15) is 0 Å². The minimum absolute atomic E-state index is 0.00565. The molecule has 0 saturated heterocycles. The van der Waals surface area contributed by atoms with Crippen molar-refractivity contribution in [3.63, 3.8) is 0 Å². The normalized spacial score (nSPS) is 13.2. The Morgan fingerprint density at radius 3 is 2.50 bits per heavy atom. The summed E-state index contributed by atoms with van der Waals surface area (Å²) in [7, 11) is 0. The molecule has 0 aromatic heterocycles. The molecule has 0 unspecified atom stereocenters. The summed E-state index contributed by atoms with van der Waals surface area (Å²) in [5.74, 6) is -0.776. The van der Waals surface area contributed by atoms with Gasteiger partial charge in [-0.15, -0.1) is 0 Å². The maximum atomic E-state index is 9.85. The summed E-state index contributed by atoms with van der Waals surface area (Å²) < 4.78 is 0. The van der Waals surface area contributed by atoms with Crippen molar-refractivity contribution in [3.8, 4) is 0 Å². The van der Waals surface area contributed by atoms with E-state index in [0.29, 0.717) is 6.42 Å². The molecule has 0 aromatic rings. The largest absolute Gasteiger partial charge is 0.481 e. The second kappa shape index (κ2) is 3.43. The molecule has 0 aromatic carbocycles. The Bertz CT molecular complexity index is 80.5. The number of hydrogen-bond donors (Lipinski definition) is 2. The minimum Gasteiger partial charge on any atom is -0.481 e. The third-order valence-electron chi connectivity index (χ3n) is 0.814. The summed E-state index contributed by atoms with van der Waals surface area (Å²) in [6.07, 6.45) is 0.743. The van der Waals surface area contributed by atoms with Crippen LogP contribution < -0.4 is 5.73 Å². The molecule has 3 N–H and O–H groups in total. The second-order valence-corrected chi connectivity index (χ2v) is 1.91. The summed E-state index contributed by atoms with van der Waals surface area (Å²) >= 11 is 0. The molecule has 0 aliphatic carbocycles. The Labute approximate surface area is 48.5 Å². The number of carboxylic acids is 1. The smallest absolute Gasteiger partial charge is 0.303 e. The molecule has 0 amide bonds. The van der Waals surface area contributed by atoms with Gasteiger partial charge in [0.2, 0.25) is 0 Å². The quantitative estimate of drug-likeness (QED) is 0.555. The highest BCUT2D eigenvalue weighted by atomic mass is 16.4. The molecule has 8 heavy (non-hydrogen) atoms. The number of carbonyl (C=O) groups is 1. The Morgan fingerprint density at radius 2 is 2.38 bits per heavy atom. The predicted octanol–water partition coefficient (Wildman–Crippen LogP) is 0.198. The van der Waals surface area contributed by atoms with E-state index in [1.807, 2.05) is 0 Å². The highest BCUT2D eigenvalue weighted by Crippen LogP contribution is 1.91. The van der Waals surface area contributed by atoms with Crippen molar-refractivity contribution >= 4 is 5.97 Å². The zero-order valence-corrected chi connectivity index (χ0v) is 4.92. The zero-order valence-electron chi connectivity index (χ0n) is 4.92. The van der Waals surface area contributed by atoms with Crippen LogP contribution in [0.4, 0.5) is 0 Å². The molecular formula is C5H11NO2. The lowest BCUT2D eigenvalue weighted by atomic mass is 10.2. The third kappa shape index (κ3) is 5.43. The van der Waals surface area contributed by atoms with Gasteiger partial charge in [-0.3, -0.25) is 4.79 Å². The predicted molar refractivity (Wildman–Crippen MR) is 30.5 cm³/mol. The molecule has 1 atom stereocenters. The fourth-order valence-corrected chi connectivity index (χ4v) is 0.351. The SMILES string of the molecule is C[C@@H](N)CCC(=O)O. The molecule has 48 valence electrons. The van der Waals surface area contributed by atoms with E-state index in [1.54, 1.807) is 6.92 Å². The van der Waals surface area contributed by atoms with Gasteiger partial charge in [0.05, 0.1) is 0 Å². The lowest BCUT2D eigenvalue weighted by Gasteiger charge is -1.98. The van der Waals surface area contributed by atoms with Crippen molar-refractivity contribution in [3.05, 3.63) is 0 Å². The van der Waals surface area contributed by atoms with Gasteiger partial charge in [0, 0.05) is 12.5 Å². The van der Waals surface area contributed by atoms with Crippen LogP contribution in [0.1, 0.15) is 19.8 Å². The highest BCUT2D eigenvalue weighted by molar-refractivity contribution is 5.66. The average molecular weight is 117 g/mol. The number of hydrogen-bond acceptors (Lipinski definition) is 2. The van der Waals surface area contributed by atoms with E-state index >= 15 is 0 Å². The van der Waals surface area contributed by atoms with E-state index in [4.69, 9.17) is 10.8 Å². The molecule has 0 fully saturated rings. The van der Waals surface area contributed by atoms with E-state index in [0.717, 1.165) is 0 Å². The first-order valence-corrected chi connectivity index (χ1v) is 2.60. The molecule has 0 aliphatic rings. The average Bonchev–Trinajstić information content (AvgIpc) is 1.61. The van der Waals surface area contributed by atoms with Gasteiger partial charge >= 0.3 is 5.97 Å². The first-order valence-electron chi connectivity index (χ1n) is 2.60. The van der Waals surface area contributed by atoms with Crippen molar-refractivity contribution in [1.82, 2.24) is 0 Å². The molecule has 0 heterocycles. The third-order valence-corrected chi connectivity index (χ3v) is 0.814. The standard InChI is InChI=1S/C5H11NO2/c1-4(6)2-3-5(7)8/h4H,2-3,6H2,1H3,(H,7,8)/t4-/m1/s1. The Kier molecular flexibility index (Phi) is 3.19. The summed E-state index contributed by atoms with van der Waals surface area (Å²) in [6.45, 7) is 1.79. The Balaban J connectivity index is 3.05. The molecule has 0 rings (SSSR count). The van der Waals surface area contributed by atoms with Crippen LogP contribution in [-0.2, 0) is 4.79 Å². The molecule has 0 saturated carbocycles.